The van der Waals surface area contributed by atoms with Gasteiger partial charge < -0.3 is 0 Å². The van der Waals surface area contributed by atoms with Gasteiger partial charge in [-0.1, -0.05) is 60.7 Å². The van der Waals surface area contributed by atoms with Crippen molar-refractivity contribution in [3.05, 3.63) is 105 Å². The summed E-state index contributed by atoms with van der Waals surface area (Å²) in [6.45, 7) is 4.61. The lowest BCUT2D eigenvalue weighted by Gasteiger charge is -2.17. The predicted molar refractivity (Wildman–Crippen MR) is 121 cm³/mol. The van der Waals surface area contributed by atoms with E-state index in [0.29, 0.717) is 0 Å². The van der Waals surface area contributed by atoms with Crippen LogP contribution in [0.15, 0.2) is 60.7 Å². The minimum absolute atomic E-state index is 1.07. The molecule has 0 heterocycles. The maximum absolute atomic E-state index is 2.47. The normalized spacial score (nSPS) is 14.1. The maximum atomic E-state index is 2.47. The summed E-state index contributed by atoms with van der Waals surface area (Å²) in [6.07, 6.45) is 3.21. The molecule has 0 atom stereocenters. The zero-order valence-electron chi connectivity index (χ0n) is 16.9. The van der Waals surface area contributed by atoms with Crippen molar-refractivity contribution in [3.63, 3.8) is 0 Å². The third kappa shape index (κ3) is 1.90. The van der Waals surface area contributed by atoms with Crippen molar-refractivity contribution in [2.75, 3.05) is 0 Å². The van der Waals surface area contributed by atoms with E-state index in [1.165, 1.54) is 66.8 Å². The summed E-state index contributed by atoms with van der Waals surface area (Å²) in [6, 6.07) is 23.0. The van der Waals surface area contributed by atoms with Crippen molar-refractivity contribution in [1.29, 1.82) is 0 Å². The first-order valence-corrected chi connectivity index (χ1v) is 10.7. The van der Waals surface area contributed by atoms with Crippen molar-refractivity contribution >= 4 is 0 Å². The maximum Gasteiger partial charge on any atom is -0.00106 e. The molecule has 29 heavy (non-hydrogen) atoms. The molecular formula is C29H22. The lowest BCUT2D eigenvalue weighted by Crippen LogP contribution is -1.94. The number of hydrogen-bond donors (Lipinski definition) is 0. The Kier molecular flexibility index (Phi) is 2.87. The largest absolute Gasteiger partial charge is 0.0619 e. The van der Waals surface area contributed by atoms with Crippen LogP contribution in [0.5, 0.6) is 0 Å². The molecule has 0 radical (unpaired) electrons. The number of fused-ring (bicyclic) bond motifs is 11. The van der Waals surface area contributed by atoms with Crippen molar-refractivity contribution < 1.29 is 0 Å². The van der Waals surface area contributed by atoms with Gasteiger partial charge in [0.05, 0.1) is 0 Å². The molecule has 4 aromatic carbocycles. The van der Waals surface area contributed by atoms with Crippen LogP contribution >= 0.6 is 0 Å². The van der Waals surface area contributed by atoms with Gasteiger partial charge in [-0.2, -0.15) is 0 Å². The minimum Gasteiger partial charge on any atom is -0.0619 e. The topological polar surface area (TPSA) is 0 Å². The Morgan fingerprint density at radius 1 is 0.483 bits per heavy atom. The van der Waals surface area contributed by atoms with E-state index in [0.717, 1.165) is 19.3 Å². The monoisotopic (exact) mass is 370 g/mol. The van der Waals surface area contributed by atoms with Gasteiger partial charge in [0.15, 0.2) is 0 Å². The van der Waals surface area contributed by atoms with Gasteiger partial charge >= 0.3 is 0 Å². The van der Waals surface area contributed by atoms with E-state index >= 15 is 0 Å². The molecule has 0 unspecified atom stereocenters. The number of benzene rings is 4. The third-order valence-corrected chi connectivity index (χ3v) is 7.42. The van der Waals surface area contributed by atoms with E-state index in [4.69, 9.17) is 0 Å². The summed E-state index contributed by atoms with van der Waals surface area (Å²) in [4.78, 5) is 0. The Morgan fingerprint density at radius 3 is 1.41 bits per heavy atom. The highest BCUT2D eigenvalue weighted by atomic mass is 14.4. The fourth-order valence-electron chi connectivity index (χ4n) is 6.18. The van der Waals surface area contributed by atoms with Crippen LogP contribution < -0.4 is 0 Å². The van der Waals surface area contributed by atoms with Crippen molar-refractivity contribution in [1.82, 2.24) is 0 Å². The van der Waals surface area contributed by atoms with Crippen molar-refractivity contribution in [2.45, 2.75) is 33.1 Å². The van der Waals surface area contributed by atoms with E-state index < -0.39 is 0 Å². The quantitative estimate of drug-likeness (QED) is 0.269. The highest BCUT2D eigenvalue weighted by molar-refractivity contribution is 6.03. The second-order valence-electron chi connectivity index (χ2n) is 9.01. The smallest absolute Gasteiger partial charge is 0.00106 e. The first-order chi connectivity index (χ1) is 14.2. The average Bonchev–Trinajstić information content (AvgIpc) is 3.39. The minimum atomic E-state index is 1.07. The van der Waals surface area contributed by atoms with Crippen LogP contribution in [0.4, 0.5) is 0 Å². The molecule has 0 N–H and O–H groups in total. The zero-order valence-corrected chi connectivity index (χ0v) is 16.9. The van der Waals surface area contributed by atoms with Gasteiger partial charge in [0.2, 0.25) is 0 Å². The molecule has 138 valence electrons. The van der Waals surface area contributed by atoms with Crippen LogP contribution in [0.25, 0.3) is 33.4 Å². The Morgan fingerprint density at radius 2 is 0.931 bits per heavy atom. The number of rotatable bonds is 0. The van der Waals surface area contributed by atoms with E-state index in [2.05, 4.69) is 74.5 Å². The summed E-state index contributed by atoms with van der Waals surface area (Å²) in [7, 11) is 0. The standard InChI is InChI=1S/C29H22/c1-16-11-20-13-21-12-17(2)25-15-19-8-4-6-10-23(19)29(25)27(21)26(20)28-22-9-5-3-7-18(22)14-24(16)28/h3-12H,13-15H2,1-2H3. The Bertz CT molecular complexity index is 1280. The first kappa shape index (κ1) is 15.8. The van der Waals surface area contributed by atoms with Crippen molar-refractivity contribution in [2.24, 2.45) is 0 Å². The van der Waals surface area contributed by atoms with Gasteiger partial charge in [0, 0.05) is 0 Å². The van der Waals surface area contributed by atoms with Crippen LogP contribution in [-0.4, -0.2) is 0 Å². The summed E-state index contributed by atoms with van der Waals surface area (Å²) in [5, 5.41) is 0. The van der Waals surface area contributed by atoms with Gasteiger partial charge in [-0.3, -0.25) is 0 Å². The lowest BCUT2D eigenvalue weighted by atomic mass is 9.86. The first-order valence-electron chi connectivity index (χ1n) is 10.7. The Hall–Kier alpha value is -3.12. The van der Waals surface area contributed by atoms with Crippen LogP contribution in [0.1, 0.15) is 44.5 Å². The number of hydrogen-bond acceptors (Lipinski definition) is 0. The SMILES string of the molecule is Cc1cc2c(c3c1Cc1ccccc1-3)-c1c(cc(C)c3c1-c1ccccc1C3)C2. The van der Waals surface area contributed by atoms with Crippen LogP contribution in [0.3, 0.4) is 0 Å². The second kappa shape index (κ2) is 5.27. The molecule has 4 aromatic rings. The zero-order chi connectivity index (χ0) is 19.3. The molecule has 0 bridgehead atoms. The molecule has 0 aromatic heterocycles. The van der Waals surface area contributed by atoms with Crippen LogP contribution in [0.2, 0.25) is 0 Å². The summed E-state index contributed by atoms with van der Waals surface area (Å²) >= 11 is 0. The van der Waals surface area contributed by atoms with Gasteiger partial charge in [-0.05, 0) is 111 Å². The second-order valence-corrected chi connectivity index (χ2v) is 9.01. The van der Waals surface area contributed by atoms with E-state index in [1.54, 1.807) is 11.1 Å². The molecule has 0 nitrogen and oxygen atoms in total. The Balaban J connectivity index is 1.63. The molecule has 0 amide bonds. The molecule has 3 aliphatic rings. The lowest BCUT2D eigenvalue weighted by molar-refractivity contribution is 1.18. The van der Waals surface area contributed by atoms with Crippen LogP contribution in [-0.2, 0) is 19.3 Å². The number of aryl methyl sites for hydroxylation is 2. The molecular weight excluding hydrogens is 348 g/mol. The van der Waals surface area contributed by atoms with E-state index in [-0.39, 0.29) is 0 Å². The molecule has 0 aliphatic heterocycles. The third-order valence-electron chi connectivity index (χ3n) is 7.42. The van der Waals surface area contributed by atoms with E-state index in [1.807, 2.05) is 0 Å². The summed E-state index contributed by atoms with van der Waals surface area (Å²) < 4.78 is 0. The molecule has 0 saturated carbocycles. The molecule has 0 fully saturated rings. The molecule has 0 spiro atoms. The van der Waals surface area contributed by atoms with Crippen molar-refractivity contribution in [3.8, 4) is 33.4 Å². The average molecular weight is 370 g/mol. The van der Waals surface area contributed by atoms with Gasteiger partial charge in [0.25, 0.3) is 0 Å². The fraction of sp³-hybridized carbons (Fsp3) is 0.172. The highest BCUT2D eigenvalue weighted by Gasteiger charge is 2.34. The van der Waals surface area contributed by atoms with Gasteiger partial charge in [-0.25, -0.2) is 0 Å². The summed E-state index contributed by atoms with van der Waals surface area (Å²) in [5.74, 6) is 0. The molecule has 7 rings (SSSR count). The molecule has 3 aliphatic carbocycles. The van der Waals surface area contributed by atoms with Gasteiger partial charge in [-0.15, -0.1) is 0 Å². The summed E-state index contributed by atoms with van der Waals surface area (Å²) in [5.41, 5.74) is 21.0. The Labute approximate surface area is 171 Å². The highest BCUT2D eigenvalue weighted by Crippen LogP contribution is 2.55. The predicted octanol–water partition coefficient (Wildman–Crippen LogP) is 7.02. The van der Waals surface area contributed by atoms with Gasteiger partial charge in [0.1, 0.15) is 0 Å². The molecule has 0 saturated heterocycles. The van der Waals surface area contributed by atoms with E-state index in [9.17, 15) is 0 Å². The van der Waals surface area contributed by atoms with Crippen LogP contribution in [0, 0.1) is 13.8 Å². The molecule has 0 heteroatoms. The fourth-order valence-corrected chi connectivity index (χ4v) is 6.18.